The van der Waals surface area contributed by atoms with E-state index in [0.29, 0.717) is 0 Å². The first-order valence-corrected chi connectivity index (χ1v) is 16.5. The van der Waals surface area contributed by atoms with Crippen LogP contribution in [-0.4, -0.2) is 0 Å². The van der Waals surface area contributed by atoms with E-state index in [0.717, 1.165) is 46.8 Å². The molecule has 0 amide bonds. The largest absolute Gasteiger partial charge is 0.455 e. The van der Waals surface area contributed by atoms with Gasteiger partial charge in [0.25, 0.3) is 0 Å². The first-order chi connectivity index (χ1) is 22.3. The molecule has 1 aliphatic rings. The summed E-state index contributed by atoms with van der Waals surface area (Å²) in [4.78, 5) is 1.51. The number of hydrogen-bond donors (Lipinski definition) is 0. The number of para-hydroxylation sites is 2. The van der Waals surface area contributed by atoms with Crippen molar-refractivity contribution in [3.05, 3.63) is 172 Å². The number of aryl methyl sites for hydroxylation is 1. The molecule has 0 aliphatic heterocycles. The molecule has 0 saturated carbocycles. The van der Waals surface area contributed by atoms with E-state index in [1.54, 1.807) is 0 Å². The number of hydrogen-bond acceptors (Lipinski definition) is 2. The minimum absolute atomic E-state index is 0.822. The number of rotatable bonds is 5. The summed E-state index contributed by atoms with van der Waals surface area (Å²) in [7, 11) is 0. The highest BCUT2D eigenvalue weighted by Gasteiger charge is 2.21. The van der Waals surface area contributed by atoms with Gasteiger partial charge in [-0.25, -0.2) is 0 Å². The van der Waals surface area contributed by atoms with Gasteiger partial charge in [-0.2, -0.15) is 0 Å². The van der Waals surface area contributed by atoms with Crippen LogP contribution >= 0.6 is 11.3 Å². The predicted octanol–water partition coefficient (Wildman–Crippen LogP) is 12.1. The molecule has 45 heavy (non-hydrogen) atoms. The predicted molar refractivity (Wildman–Crippen MR) is 193 cm³/mol. The number of allylic oxidation sites excluding steroid dienone is 2. The van der Waals surface area contributed by atoms with Crippen molar-refractivity contribution in [1.29, 1.82) is 0 Å². The van der Waals surface area contributed by atoms with Crippen LogP contribution in [-0.2, 0) is 12.8 Å². The van der Waals surface area contributed by atoms with E-state index in [4.69, 9.17) is 4.42 Å². The van der Waals surface area contributed by atoms with Crippen LogP contribution in [0.3, 0.4) is 0 Å². The maximum atomic E-state index is 6.48. The van der Waals surface area contributed by atoms with Gasteiger partial charge >= 0.3 is 0 Å². The Morgan fingerprint density at radius 1 is 0.689 bits per heavy atom. The molecule has 0 spiro atoms. The second-order valence-electron chi connectivity index (χ2n) is 12.0. The number of fused-ring (bicyclic) bond motifs is 7. The van der Waals surface area contributed by atoms with Crippen molar-refractivity contribution in [3.8, 4) is 0 Å². The molecule has 1 nitrogen and oxygen atoms in total. The van der Waals surface area contributed by atoms with Crippen molar-refractivity contribution in [2.75, 3.05) is 0 Å². The molecular weight excluding hydrogens is 565 g/mol. The topological polar surface area (TPSA) is 13.1 Å². The van der Waals surface area contributed by atoms with Crippen LogP contribution in [0, 0.1) is 0 Å². The van der Waals surface area contributed by atoms with Gasteiger partial charge in [0.2, 0.25) is 0 Å². The van der Waals surface area contributed by atoms with Crippen LogP contribution in [0.4, 0.5) is 0 Å². The van der Waals surface area contributed by atoms with Gasteiger partial charge in [0.15, 0.2) is 0 Å². The number of benzene rings is 6. The highest BCUT2D eigenvalue weighted by molar-refractivity contribution is 7.19. The molecule has 0 N–H and O–H groups in total. The monoisotopic (exact) mass is 594 g/mol. The molecule has 214 valence electrons. The minimum Gasteiger partial charge on any atom is -0.455 e. The Morgan fingerprint density at radius 2 is 1.44 bits per heavy atom. The fourth-order valence-electron chi connectivity index (χ4n) is 7.02. The van der Waals surface area contributed by atoms with Crippen LogP contribution < -0.4 is 0 Å². The smallest absolute Gasteiger partial charge is 0.142 e. The maximum absolute atomic E-state index is 6.48. The van der Waals surface area contributed by atoms with E-state index in [9.17, 15) is 0 Å². The third-order valence-corrected chi connectivity index (χ3v) is 10.4. The molecule has 0 radical (unpaired) electrons. The Balaban J connectivity index is 1.13. The van der Waals surface area contributed by atoms with Gasteiger partial charge in [-0.3, -0.25) is 0 Å². The second kappa shape index (κ2) is 10.8. The highest BCUT2D eigenvalue weighted by Crippen LogP contribution is 2.44. The third-order valence-electron chi connectivity index (χ3n) is 9.17. The van der Waals surface area contributed by atoms with Crippen LogP contribution in [0.2, 0.25) is 0 Å². The second-order valence-corrected chi connectivity index (χ2v) is 13.1. The molecule has 0 fully saturated rings. The molecule has 8 aromatic rings. The normalized spacial score (nSPS) is 13.5. The summed E-state index contributed by atoms with van der Waals surface area (Å²) in [6.07, 6.45) is 7.80. The molecule has 0 unspecified atom stereocenters. The highest BCUT2D eigenvalue weighted by atomic mass is 32.1. The lowest BCUT2D eigenvalue weighted by molar-refractivity contribution is 0.667. The molecule has 9 rings (SSSR count). The van der Waals surface area contributed by atoms with Crippen LogP contribution in [0.5, 0.6) is 0 Å². The Kier molecular flexibility index (Phi) is 6.28. The molecule has 0 saturated heterocycles. The summed E-state index contributed by atoms with van der Waals surface area (Å²) in [6, 6.07) is 48.2. The Labute approximate surface area is 266 Å². The van der Waals surface area contributed by atoms with Crippen molar-refractivity contribution in [3.63, 3.8) is 0 Å². The Hall–Kier alpha value is -5.18. The fraction of sp³-hybridized carbons (Fsp3) is 0.0698. The molecule has 6 aromatic carbocycles. The van der Waals surface area contributed by atoms with E-state index in [2.05, 4.69) is 140 Å². The SMILES string of the molecule is C1=C(c2ccc(/C=C(/Cc3ccccc3)c3cccc4c3oc3ccccc34)cc2)c2c(sc3cc4ccccc4cc23)CC1. The number of thiophene rings is 1. The molecule has 0 atom stereocenters. The van der Waals surface area contributed by atoms with E-state index in [1.807, 2.05) is 17.4 Å². The van der Waals surface area contributed by atoms with Gasteiger partial charge in [-0.15, -0.1) is 11.3 Å². The lowest BCUT2D eigenvalue weighted by Gasteiger charge is -2.16. The fourth-order valence-corrected chi connectivity index (χ4v) is 8.28. The first-order valence-electron chi connectivity index (χ1n) is 15.7. The molecule has 2 heteroatoms. The average molecular weight is 595 g/mol. The third kappa shape index (κ3) is 4.61. The van der Waals surface area contributed by atoms with Crippen molar-refractivity contribution >= 4 is 71.4 Å². The van der Waals surface area contributed by atoms with Gasteiger partial charge in [0.05, 0.1) is 0 Å². The van der Waals surface area contributed by atoms with Crippen molar-refractivity contribution in [2.45, 2.75) is 19.3 Å². The van der Waals surface area contributed by atoms with Crippen molar-refractivity contribution in [1.82, 2.24) is 0 Å². The van der Waals surface area contributed by atoms with E-state index in [1.165, 1.54) is 59.1 Å². The number of furan rings is 1. The van der Waals surface area contributed by atoms with Crippen LogP contribution in [0.15, 0.2) is 144 Å². The summed E-state index contributed by atoms with van der Waals surface area (Å²) in [5, 5.41) is 6.32. The van der Waals surface area contributed by atoms with Gasteiger partial charge in [0, 0.05) is 36.9 Å². The molecular formula is C43H30OS. The lowest BCUT2D eigenvalue weighted by Crippen LogP contribution is -1.98. The van der Waals surface area contributed by atoms with Gasteiger partial charge in [-0.1, -0.05) is 127 Å². The van der Waals surface area contributed by atoms with Crippen molar-refractivity contribution in [2.24, 2.45) is 0 Å². The van der Waals surface area contributed by atoms with Gasteiger partial charge in [-0.05, 0) is 76.1 Å². The zero-order valence-electron chi connectivity index (χ0n) is 24.8. The van der Waals surface area contributed by atoms with Crippen LogP contribution in [0.1, 0.15) is 39.1 Å². The maximum Gasteiger partial charge on any atom is 0.142 e. The molecule has 2 aromatic heterocycles. The standard InChI is InChI=1S/C43H30OS/c1-2-10-28(11-3-1)24-33(35-16-8-17-37-36-14-6-7-18-39(36)44-43(35)37)25-29-20-22-30(23-21-29)34-15-9-19-40-42(34)38-26-31-12-4-5-13-32(31)27-41(38)45-40/h1-8,10-18,20-23,25-27H,9,19,24H2/b33-25-. The molecule has 2 heterocycles. The summed E-state index contributed by atoms with van der Waals surface area (Å²) in [5.41, 5.74) is 10.8. The Bertz CT molecular complexity index is 2430. The minimum atomic E-state index is 0.822. The first kappa shape index (κ1) is 26.2. The van der Waals surface area contributed by atoms with Crippen LogP contribution in [0.25, 0.3) is 60.0 Å². The summed E-state index contributed by atoms with van der Waals surface area (Å²) in [6.45, 7) is 0. The van der Waals surface area contributed by atoms with E-state index >= 15 is 0 Å². The van der Waals surface area contributed by atoms with E-state index in [-0.39, 0.29) is 0 Å². The van der Waals surface area contributed by atoms with E-state index < -0.39 is 0 Å². The zero-order valence-corrected chi connectivity index (χ0v) is 25.6. The average Bonchev–Trinajstić information content (AvgIpc) is 3.66. The summed E-state index contributed by atoms with van der Waals surface area (Å²) in [5.74, 6) is 0. The quantitative estimate of drug-likeness (QED) is 0.181. The summed E-state index contributed by atoms with van der Waals surface area (Å²) < 4.78 is 7.86. The Morgan fingerprint density at radius 3 is 2.31 bits per heavy atom. The van der Waals surface area contributed by atoms with Gasteiger partial charge < -0.3 is 4.42 Å². The molecule has 1 aliphatic carbocycles. The van der Waals surface area contributed by atoms with Crippen molar-refractivity contribution < 1.29 is 4.42 Å². The summed E-state index contributed by atoms with van der Waals surface area (Å²) >= 11 is 1.97. The zero-order chi connectivity index (χ0) is 29.7. The molecule has 0 bridgehead atoms. The lowest BCUT2D eigenvalue weighted by atomic mass is 9.88. The van der Waals surface area contributed by atoms with Gasteiger partial charge in [0.1, 0.15) is 11.2 Å².